The van der Waals surface area contributed by atoms with E-state index in [1.807, 2.05) is 48.5 Å². The van der Waals surface area contributed by atoms with Crippen molar-refractivity contribution in [1.82, 2.24) is 15.2 Å². The van der Waals surface area contributed by atoms with Crippen LogP contribution in [0, 0.1) is 0 Å². The molecule has 2 amide bonds. The molecule has 3 atom stereocenters. The maximum Gasteiger partial charge on any atom is 0.251 e. The van der Waals surface area contributed by atoms with Crippen molar-refractivity contribution in [3.63, 3.8) is 0 Å². The van der Waals surface area contributed by atoms with Gasteiger partial charge in [0.25, 0.3) is 5.91 Å². The third kappa shape index (κ3) is 3.87. The fourth-order valence-corrected chi connectivity index (χ4v) is 4.57. The van der Waals surface area contributed by atoms with Gasteiger partial charge in [-0.25, -0.2) is 0 Å². The number of aromatic nitrogens is 1. The summed E-state index contributed by atoms with van der Waals surface area (Å²) in [5.74, 6) is -0.667. The monoisotopic (exact) mass is 429 g/mol. The van der Waals surface area contributed by atoms with E-state index >= 15 is 0 Å². The second kappa shape index (κ2) is 8.51. The quantitative estimate of drug-likeness (QED) is 0.671. The molecule has 7 heteroatoms. The summed E-state index contributed by atoms with van der Waals surface area (Å²) in [6.07, 6.45) is 4.00. The molecule has 0 spiro atoms. The number of ether oxygens (including phenoxy) is 1. The minimum atomic E-state index is -0.802. The van der Waals surface area contributed by atoms with E-state index in [4.69, 9.17) is 4.74 Å². The number of likely N-dealkylation sites (tertiary alicyclic amines) is 1. The van der Waals surface area contributed by atoms with E-state index in [-0.39, 0.29) is 30.3 Å². The summed E-state index contributed by atoms with van der Waals surface area (Å²) in [6, 6.07) is 15.5. The summed E-state index contributed by atoms with van der Waals surface area (Å²) < 4.78 is 5.52. The van der Waals surface area contributed by atoms with Crippen LogP contribution in [0.3, 0.4) is 0 Å². The lowest BCUT2D eigenvalue weighted by atomic mass is 10.0. The minimum Gasteiger partial charge on any atom is -0.368 e. The van der Waals surface area contributed by atoms with Crippen molar-refractivity contribution in [2.75, 3.05) is 13.2 Å². The molecule has 1 N–H and O–H groups in total. The summed E-state index contributed by atoms with van der Waals surface area (Å²) >= 11 is 0. The van der Waals surface area contributed by atoms with E-state index < -0.39 is 12.1 Å². The number of pyridine rings is 1. The third-order valence-electron chi connectivity index (χ3n) is 6.20. The molecule has 1 aromatic heterocycles. The number of ketones is 1. The lowest BCUT2D eigenvalue weighted by Crippen LogP contribution is -2.53. The van der Waals surface area contributed by atoms with Crippen LogP contribution < -0.4 is 5.32 Å². The van der Waals surface area contributed by atoms with Crippen molar-refractivity contribution in [3.8, 4) is 0 Å². The highest BCUT2D eigenvalue weighted by Crippen LogP contribution is 2.28. The molecule has 2 fully saturated rings. The van der Waals surface area contributed by atoms with E-state index in [0.29, 0.717) is 24.9 Å². The number of benzene rings is 2. The van der Waals surface area contributed by atoms with Crippen molar-refractivity contribution >= 4 is 28.4 Å². The lowest BCUT2D eigenvalue weighted by molar-refractivity contribution is -0.138. The molecular formula is C25H23N3O4. The molecule has 0 aliphatic carbocycles. The number of nitrogens with one attached hydrogen (secondary N) is 1. The van der Waals surface area contributed by atoms with Crippen LogP contribution in [0.5, 0.6) is 0 Å². The highest BCUT2D eigenvalue weighted by Gasteiger charge is 2.48. The Kier molecular flexibility index (Phi) is 5.41. The topological polar surface area (TPSA) is 88.6 Å². The summed E-state index contributed by atoms with van der Waals surface area (Å²) in [6.45, 7) is 0.482. The van der Waals surface area contributed by atoms with E-state index in [9.17, 15) is 14.4 Å². The molecule has 5 rings (SSSR count). The number of hydrogen-bond acceptors (Lipinski definition) is 5. The molecule has 0 radical (unpaired) electrons. The van der Waals surface area contributed by atoms with Crippen molar-refractivity contribution in [1.29, 1.82) is 0 Å². The molecule has 0 saturated carbocycles. The third-order valence-corrected chi connectivity index (χ3v) is 6.20. The van der Waals surface area contributed by atoms with Crippen molar-refractivity contribution < 1.29 is 19.1 Å². The SMILES string of the molecule is O=C(NC(Cc1ccncc1)C(=O)N1CCC2OCC(=O)C21)c1ccc2ccccc2c1. The molecule has 7 nitrogen and oxygen atoms in total. The van der Waals surface area contributed by atoms with Crippen LogP contribution in [0.2, 0.25) is 0 Å². The van der Waals surface area contributed by atoms with Crippen LogP contribution in [-0.2, 0) is 20.7 Å². The molecule has 162 valence electrons. The van der Waals surface area contributed by atoms with Gasteiger partial charge in [0.1, 0.15) is 18.7 Å². The molecule has 32 heavy (non-hydrogen) atoms. The fourth-order valence-electron chi connectivity index (χ4n) is 4.57. The molecule has 2 aromatic carbocycles. The Bertz CT molecular complexity index is 1180. The Balaban J connectivity index is 1.40. The maximum atomic E-state index is 13.5. The molecule has 3 unspecified atom stereocenters. The first-order valence-corrected chi connectivity index (χ1v) is 10.7. The summed E-state index contributed by atoms with van der Waals surface area (Å²) in [4.78, 5) is 44.5. The Hall–Kier alpha value is -3.58. The smallest absolute Gasteiger partial charge is 0.251 e. The standard InChI is InChI=1S/C25H23N3O4/c29-21-15-32-22-9-12-28(23(21)22)25(31)20(13-16-7-10-26-11-8-16)27-24(30)19-6-5-17-3-1-2-4-18(17)14-19/h1-8,10-11,14,20,22-23H,9,12-13,15H2,(H,27,30). The van der Waals surface area contributed by atoms with Crippen LogP contribution in [0.15, 0.2) is 67.0 Å². The van der Waals surface area contributed by atoms with Gasteiger partial charge in [0.05, 0.1) is 6.10 Å². The van der Waals surface area contributed by atoms with Crippen LogP contribution in [0.25, 0.3) is 10.8 Å². The molecule has 2 aliphatic heterocycles. The summed E-state index contributed by atoms with van der Waals surface area (Å²) in [7, 11) is 0. The fraction of sp³-hybridized carbons (Fsp3) is 0.280. The molecule has 2 saturated heterocycles. The molecule has 2 aliphatic rings. The van der Waals surface area contributed by atoms with Gasteiger partial charge in [0, 0.05) is 30.9 Å². The van der Waals surface area contributed by atoms with Gasteiger partial charge in [-0.15, -0.1) is 0 Å². The van der Waals surface area contributed by atoms with Gasteiger partial charge in [0.2, 0.25) is 5.91 Å². The Morgan fingerprint density at radius 3 is 2.69 bits per heavy atom. The van der Waals surface area contributed by atoms with Crippen LogP contribution >= 0.6 is 0 Å². The Morgan fingerprint density at radius 2 is 1.88 bits per heavy atom. The number of Topliss-reactive ketones (excluding diaryl/α,β-unsaturated/α-hetero) is 1. The molecule has 3 heterocycles. The number of rotatable bonds is 5. The first kappa shape index (κ1) is 20.3. The average Bonchev–Trinajstić information content (AvgIpc) is 3.41. The van der Waals surface area contributed by atoms with Gasteiger partial charge in [-0.1, -0.05) is 30.3 Å². The van der Waals surface area contributed by atoms with Crippen molar-refractivity contribution in [3.05, 3.63) is 78.1 Å². The number of carbonyl (C=O) groups is 3. The molecule has 0 bridgehead atoms. The van der Waals surface area contributed by atoms with E-state index in [1.54, 1.807) is 23.4 Å². The van der Waals surface area contributed by atoms with Gasteiger partial charge in [0.15, 0.2) is 5.78 Å². The largest absolute Gasteiger partial charge is 0.368 e. The maximum absolute atomic E-state index is 13.5. The van der Waals surface area contributed by atoms with Gasteiger partial charge >= 0.3 is 0 Å². The van der Waals surface area contributed by atoms with E-state index in [0.717, 1.165) is 16.3 Å². The average molecular weight is 429 g/mol. The summed E-state index contributed by atoms with van der Waals surface area (Å²) in [5.41, 5.74) is 1.36. The number of hydrogen-bond donors (Lipinski definition) is 1. The van der Waals surface area contributed by atoms with Crippen LogP contribution in [0.1, 0.15) is 22.3 Å². The predicted octanol–water partition coefficient (Wildman–Crippen LogP) is 2.14. The van der Waals surface area contributed by atoms with Gasteiger partial charge < -0.3 is 15.0 Å². The zero-order chi connectivity index (χ0) is 22.1. The van der Waals surface area contributed by atoms with Crippen molar-refractivity contribution in [2.24, 2.45) is 0 Å². The Labute approximate surface area is 185 Å². The second-order valence-electron chi connectivity index (χ2n) is 8.23. The highest BCUT2D eigenvalue weighted by molar-refractivity contribution is 6.01. The van der Waals surface area contributed by atoms with E-state index in [1.165, 1.54) is 0 Å². The number of fused-ring (bicyclic) bond motifs is 2. The van der Waals surface area contributed by atoms with Gasteiger partial charge in [-0.05, 0) is 47.0 Å². The van der Waals surface area contributed by atoms with E-state index in [2.05, 4.69) is 10.3 Å². The minimum absolute atomic E-state index is 0.0393. The zero-order valence-corrected chi connectivity index (χ0v) is 17.4. The molecular weight excluding hydrogens is 406 g/mol. The number of carbonyl (C=O) groups excluding carboxylic acids is 3. The first-order valence-electron chi connectivity index (χ1n) is 10.7. The Morgan fingerprint density at radius 1 is 1.09 bits per heavy atom. The lowest BCUT2D eigenvalue weighted by Gasteiger charge is -2.27. The van der Waals surface area contributed by atoms with Crippen molar-refractivity contribution in [2.45, 2.75) is 31.0 Å². The highest BCUT2D eigenvalue weighted by atomic mass is 16.5. The second-order valence-corrected chi connectivity index (χ2v) is 8.23. The zero-order valence-electron chi connectivity index (χ0n) is 17.4. The van der Waals surface area contributed by atoms with Crippen LogP contribution in [0.4, 0.5) is 0 Å². The first-order chi connectivity index (χ1) is 15.6. The molecule has 3 aromatic rings. The van der Waals surface area contributed by atoms with Gasteiger partial charge in [-0.3, -0.25) is 19.4 Å². The number of amides is 2. The summed E-state index contributed by atoms with van der Waals surface area (Å²) in [5, 5.41) is 4.91. The normalized spacial score (nSPS) is 20.9. The van der Waals surface area contributed by atoms with Crippen LogP contribution in [-0.4, -0.2) is 58.8 Å². The van der Waals surface area contributed by atoms with Gasteiger partial charge in [-0.2, -0.15) is 0 Å². The predicted molar refractivity (Wildman–Crippen MR) is 118 cm³/mol. The number of nitrogens with zero attached hydrogens (tertiary/aromatic N) is 2.